The molecule has 0 spiro atoms. The van der Waals surface area contributed by atoms with E-state index >= 15 is 0 Å². The summed E-state index contributed by atoms with van der Waals surface area (Å²) in [6, 6.07) is 9.08. The van der Waals surface area contributed by atoms with Crippen molar-refractivity contribution in [3.8, 4) is 0 Å². The van der Waals surface area contributed by atoms with Crippen LogP contribution >= 0.6 is 0 Å². The zero-order valence-electron chi connectivity index (χ0n) is 13.3. The van der Waals surface area contributed by atoms with E-state index in [2.05, 4.69) is 0 Å². The number of aliphatic hydroxyl groups excluding tert-OH is 1. The first-order valence-electron chi connectivity index (χ1n) is 7.65. The van der Waals surface area contributed by atoms with Gasteiger partial charge in [0, 0.05) is 12.8 Å². The molecule has 0 radical (unpaired) electrons. The fourth-order valence-electron chi connectivity index (χ4n) is 1.83. The third-order valence-electron chi connectivity index (χ3n) is 3.28. The molecule has 1 fully saturated rings. The zero-order chi connectivity index (χ0) is 17.8. The van der Waals surface area contributed by atoms with Gasteiger partial charge in [0.15, 0.2) is 0 Å². The van der Waals surface area contributed by atoms with Crippen LogP contribution in [0, 0.1) is 5.92 Å². The third-order valence-corrected chi connectivity index (χ3v) is 3.28. The van der Waals surface area contributed by atoms with Crippen LogP contribution in [0.5, 0.6) is 0 Å². The lowest BCUT2D eigenvalue weighted by Gasteiger charge is -2.09. The maximum absolute atomic E-state index is 11.3. The topological polar surface area (TPSA) is 110 Å². The van der Waals surface area contributed by atoms with Gasteiger partial charge in [-0.3, -0.25) is 14.4 Å². The Labute approximate surface area is 140 Å². The van der Waals surface area contributed by atoms with Crippen LogP contribution in [-0.4, -0.2) is 47.8 Å². The van der Waals surface area contributed by atoms with Crippen molar-refractivity contribution in [1.29, 1.82) is 0 Å². The SMILES string of the molecule is O=C(C[C@@H](CO)C(=O)O)OCc1ccccc1.O=C1CCOCC1. The van der Waals surface area contributed by atoms with Gasteiger partial charge in [-0.15, -0.1) is 0 Å². The van der Waals surface area contributed by atoms with E-state index in [0.717, 1.165) is 5.56 Å². The number of ether oxygens (including phenoxy) is 2. The maximum Gasteiger partial charge on any atom is 0.309 e. The summed E-state index contributed by atoms with van der Waals surface area (Å²) >= 11 is 0. The fourth-order valence-corrected chi connectivity index (χ4v) is 1.83. The number of aliphatic hydroxyl groups is 1. The molecular formula is C17H22O7. The van der Waals surface area contributed by atoms with E-state index in [1.807, 2.05) is 18.2 Å². The Morgan fingerprint density at radius 2 is 1.79 bits per heavy atom. The van der Waals surface area contributed by atoms with E-state index in [9.17, 15) is 14.4 Å². The Morgan fingerprint density at radius 1 is 1.17 bits per heavy atom. The van der Waals surface area contributed by atoms with Gasteiger partial charge < -0.3 is 19.7 Å². The molecule has 2 rings (SSSR count). The van der Waals surface area contributed by atoms with E-state index < -0.39 is 24.5 Å². The molecule has 1 aliphatic heterocycles. The summed E-state index contributed by atoms with van der Waals surface area (Å²) in [7, 11) is 0. The van der Waals surface area contributed by atoms with Crippen LogP contribution in [0.1, 0.15) is 24.8 Å². The van der Waals surface area contributed by atoms with Gasteiger partial charge in [0.05, 0.1) is 32.2 Å². The highest BCUT2D eigenvalue weighted by molar-refractivity contribution is 5.79. The van der Waals surface area contributed by atoms with E-state index in [0.29, 0.717) is 31.8 Å². The number of hydrogen-bond acceptors (Lipinski definition) is 6. The lowest BCUT2D eigenvalue weighted by atomic mass is 10.1. The predicted molar refractivity (Wildman–Crippen MR) is 84.1 cm³/mol. The molecule has 132 valence electrons. The Kier molecular flexibility index (Phi) is 9.33. The van der Waals surface area contributed by atoms with Crippen LogP contribution in [0.3, 0.4) is 0 Å². The van der Waals surface area contributed by atoms with Gasteiger partial charge in [-0.05, 0) is 5.56 Å². The second kappa shape index (κ2) is 11.3. The number of carboxylic acid groups (broad SMARTS) is 1. The smallest absolute Gasteiger partial charge is 0.309 e. The maximum atomic E-state index is 11.3. The number of aliphatic carboxylic acids is 1. The number of carbonyl (C=O) groups is 3. The lowest BCUT2D eigenvalue weighted by Crippen LogP contribution is -2.22. The number of benzene rings is 1. The second-order valence-electron chi connectivity index (χ2n) is 5.22. The summed E-state index contributed by atoms with van der Waals surface area (Å²) in [5.41, 5.74) is 0.830. The van der Waals surface area contributed by atoms with Crippen molar-refractivity contribution < 1.29 is 34.1 Å². The minimum Gasteiger partial charge on any atom is -0.481 e. The van der Waals surface area contributed by atoms with E-state index in [1.165, 1.54) is 0 Å². The Hall–Kier alpha value is -2.25. The molecule has 1 aliphatic rings. The highest BCUT2D eigenvalue weighted by Crippen LogP contribution is 2.07. The van der Waals surface area contributed by atoms with Crippen molar-refractivity contribution in [2.24, 2.45) is 5.92 Å². The molecule has 1 aromatic rings. The molecule has 2 N–H and O–H groups in total. The molecule has 1 aromatic carbocycles. The average Bonchev–Trinajstić information content (AvgIpc) is 2.60. The Bertz CT molecular complexity index is 519. The van der Waals surface area contributed by atoms with Crippen molar-refractivity contribution in [3.63, 3.8) is 0 Å². The second-order valence-corrected chi connectivity index (χ2v) is 5.22. The van der Waals surface area contributed by atoms with Crippen LogP contribution in [0.15, 0.2) is 30.3 Å². The summed E-state index contributed by atoms with van der Waals surface area (Å²) < 4.78 is 9.82. The number of esters is 1. The van der Waals surface area contributed by atoms with E-state index in [1.54, 1.807) is 12.1 Å². The predicted octanol–water partition coefficient (Wildman–Crippen LogP) is 1.18. The molecule has 24 heavy (non-hydrogen) atoms. The van der Waals surface area contributed by atoms with Gasteiger partial charge in [-0.25, -0.2) is 0 Å². The molecule has 0 bridgehead atoms. The first-order valence-corrected chi connectivity index (χ1v) is 7.65. The largest absolute Gasteiger partial charge is 0.481 e. The van der Waals surface area contributed by atoms with Crippen molar-refractivity contribution in [1.82, 2.24) is 0 Å². The van der Waals surface area contributed by atoms with Crippen LogP contribution < -0.4 is 0 Å². The number of rotatable bonds is 6. The zero-order valence-corrected chi connectivity index (χ0v) is 13.3. The summed E-state index contributed by atoms with van der Waals surface area (Å²) in [4.78, 5) is 32.2. The normalized spacial score (nSPS) is 15.0. The Balaban J connectivity index is 0.000000341. The van der Waals surface area contributed by atoms with Gasteiger partial charge >= 0.3 is 11.9 Å². The van der Waals surface area contributed by atoms with Crippen LogP contribution in [0.2, 0.25) is 0 Å². The van der Waals surface area contributed by atoms with Gasteiger partial charge in [0.25, 0.3) is 0 Å². The lowest BCUT2D eigenvalue weighted by molar-refractivity contribution is -0.153. The Morgan fingerprint density at radius 3 is 2.25 bits per heavy atom. The molecule has 0 saturated carbocycles. The molecule has 7 heteroatoms. The molecule has 1 heterocycles. The number of carboxylic acids is 1. The molecule has 1 saturated heterocycles. The van der Waals surface area contributed by atoms with Crippen molar-refractivity contribution >= 4 is 17.7 Å². The van der Waals surface area contributed by atoms with Gasteiger partial charge in [0.2, 0.25) is 0 Å². The number of hydrogen-bond donors (Lipinski definition) is 2. The average molecular weight is 338 g/mol. The summed E-state index contributed by atoms with van der Waals surface area (Å²) in [5, 5.41) is 17.4. The molecule has 0 unspecified atom stereocenters. The molecule has 0 amide bonds. The fraction of sp³-hybridized carbons (Fsp3) is 0.471. The van der Waals surface area contributed by atoms with Crippen LogP contribution in [0.4, 0.5) is 0 Å². The van der Waals surface area contributed by atoms with E-state index in [-0.39, 0.29) is 13.0 Å². The summed E-state index contributed by atoms with van der Waals surface area (Å²) in [6.45, 7) is 0.810. The molecule has 0 aliphatic carbocycles. The summed E-state index contributed by atoms with van der Waals surface area (Å²) in [5.74, 6) is -2.59. The first-order chi connectivity index (χ1) is 11.5. The van der Waals surface area contributed by atoms with Crippen molar-refractivity contribution in [2.45, 2.75) is 25.9 Å². The molecule has 0 aromatic heterocycles. The first kappa shape index (κ1) is 19.8. The molecule has 1 atom stereocenters. The van der Waals surface area contributed by atoms with Crippen molar-refractivity contribution in [3.05, 3.63) is 35.9 Å². The van der Waals surface area contributed by atoms with Gasteiger partial charge in [-0.1, -0.05) is 30.3 Å². The van der Waals surface area contributed by atoms with Crippen molar-refractivity contribution in [2.75, 3.05) is 19.8 Å². The standard InChI is InChI=1S/C12H14O5.C5H8O2/c13-7-10(12(15)16)6-11(14)17-8-9-4-2-1-3-5-9;6-5-1-3-7-4-2-5/h1-5,10,13H,6-8H2,(H,15,16);1-4H2/t10-;/m0./s1. The number of carbonyl (C=O) groups excluding carboxylic acids is 2. The van der Waals surface area contributed by atoms with E-state index in [4.69, 9.17) is 19.7 Å². The number of ketones is 1. The minimum absolute atomic E-state index is 0.109. The van der Waals surface area contributed by atoms with Gasteiger partial charge in [0.1, 0.15) is 12.4 Å². The molecule has 7 nitrogen and oxygen atoms in total. The quantitative estimate of drug-likeness (QED) is 0.749. The number of Topliss-reactive ketones (excluding diaryl/α,β-unsaturated/α-hetero) is 1. The van der Waals surface area contributed by atoms with Gasteiger partial charge in [-0.2, -0.15) is 0 Å². The monoisotopic (exact) mass is 338 g/mol. The highest BCUT2D eigenvalue weighted by atomic mass is 16.5. The van der Waals surface area contributed by atoms with Crippen LogP contribution in [-0.2, 0) is 30.5 Å². The highest BCUT2D eigenvalue weighted by Gasteiger charge is 2.21. The molecular weight excluding hydrogens is 316 g/mol. The summed E-state index contributed by atoms with van der Waals surface area (Å²) in [6.07, 6.45) is 0.929. The minimum atomic E-state index is -1.20. The third kappa shape index (κ3) is 8.40. The van der Waals surface area contributed by atoms with Crippen LogP contribution in [0.25, 0.3) is 0 Å².